The quantitative estimate of drug-likeness (QED) is 0.249. The van der Waals surface area contributed by atoms with Crippen molar-refractivity contribution in [1.82, 2.24) is 15.1 Å². The number of aliphatic hydroxyl groups is 2. The Kier molecular flexibility index (Phi) is 12.6. The predicted octanol–water partition coefficient (Wildman–Crippen LogP) is -0.704. The molecule has 3 aromatic rings. The molecule has 3 N–H and O–H groups in total. The second-order valence-corrected chi connectivity index (χ2v) is 9.40. The van der Waals surface area contributed by atoms with Crippen molar-refractivity contribution in [3.8, 4) is 5.69 Å². The van der Waals surface area contributed by atoms with Crippen LogP contribution in [0.5, 0.6) is 0 Å². The van der Waals surface area contributed by atoms with E-state index in [4.69, 9.17) is 0 Å². The second-order valence-electron chi connectivity index (χ2n) is 9.40. The Bertz CT molecular complexity index is 1190. The number of carboxylic acid groups (broad SMARTS) is 1. The zero-order valence-corrected chi connectivity index (χ0v) is 24.1. The summed E-state index contributed by atoms with van der Waals surface area (Å²) < 4.78 is 15.2. The molecule has 0 aliphatic rings. The molecule has 198 valence electrons. The van der Waals surface area contributed by atoms with E-state index in [2.05, 4.69) is 10.4 Å². The number of aromatic nitrogens is 2. The third kappa shape index (κ3) is 9.03. The zero-order valence-electron chi connectivity index (χ0n) is 22.1. The van der Waals surface area contributed by atoms with Crippen molar-refractivity contribution in [2.24, 2.45) is 0 Å². The monoisotopic (exact) mass is 533 g/mol. The number of hydrogen-bond donors (Lipinski definition) is 3. The standard InChI is InChI=1S/C28H34FN3O5.Na/c1-18(2)26-24(13-12-22(33)16-23(34)17-25(35)36)32(21-10-8-20(29)9-11-21)31-27(26)28(37)30-15-14-19-6-4-3-5-7-19;/h3-11,18,22-23,33-34H,12-17H2,1-2H3,(H,30,37)(H,35,36);/q;+1/p-1/t22-,23-;/m1./s1. The third-order valence-corrected chi connectivity index (χ3v) is 6.09. The fourth-order valence-corrected chi connectivity index (χ4v) is 4.34. The maximum absolute atomic E-state index is 13.6. The first kappa shape index (κ1) is 31.7. The van der Waals surface area contributed by atoms with Crippen LogP contribution >= 0.6 is 0 Å². The predicted molar refractivity (Wildman–Crippen MR) is 135 cm³/mol. The minimum atomic E-state index is -1.39. The first-order valence-electron chi connectivity index (χ1n) is 12.4. The van der Waals surface area contributed by atoms with Crippen LogP contribution in [0.1, 0.15) is 66.3 Å². The summed E-state index contributed by atoms with van der Waals surface area (Å²) in [5.41, 5.74) is 3.31. The van der Waals surface area contributed by atoms with Gasteiger partial charge in [-0.3, -0.25) is 4.79 Å². The van der Waals surface area contributed by atoms with Crippen LogP contribution < -0.4 is 40.0 Å². The fraction of sp³-hybridized carbons (Fsp3) is 0.393. The Morgan fingerprint density at radius 2 is 1.68 bits per heavy atom. The van der Waals surface area contributed by atoms with Crippen LogP contribution in [0, 0.1) is 5.82 Å². The molecule has 0 saturated carbocycles. The number of aliphatic carboxylic acids is 1. The van der Waals surface area contributed by atoms with E-state index in [1.54, 1.807) is 16.8 Å². The number of halogens is 1. The molecular formula is C28H33FN3NaO5. The van der Waals surface area contributed by atoms with Crippen LogP contribution in [0.4, 0.5) is 4.39 Å². The molecule has 0 unspecified atom stereocenters. The summed E-state index contributed by atoms with van der Waals surface area (Å²) in [6.45, 7) is 4.31. The number of carbonyl (C=O) groups excluding carboxylic acids is 2. The van der Waals surface area contributed by atoms with Gasteiger partial charge in [-0.15, -0.1) is 0 Å². The Hall–Kier alpha value is -2.56. The number of rotatable bonds is 13. The van der Waals surface area contributed by atoms with Crippen LogP contribution in [0.3, 0.4) is 0 Å². The molecule has 0 saturated heterocycles. The van der Waals surface area contributed by atoms with Gasteiger partial charge in [-0.05, 0) is 61.4 Å². The van der Waals surface area contributed by atoms with Gasteiger partial charge in [-0.25, -0.2) is 9.07 Å². The number of nitrogens with zero attached hydrogens (tertiary/aromatic N) is 2. The fourth-order valence-electron chi connectivity index (χ4n) is 4.34. The van der Waals surface area contributed by atoms with E-state index in [0.717, 1.165) is 5.56 Å². The molecule has 1 heterocycles. The van der Waals surface area contributed by atoms with Gasteiger partial charge in [0.25, 0.3) is 5.91 Å². The molecule has 1 aromatic heterocycles. The molecule has 3 rings (SSSR count). The molecule has 2 atom stereocenters. The van der Waals surface area contributed by atoms with Gasteiger partial charge in [-0.1, -0.05) is 44.2 Å². The number of benzene rings is 2. The molecule has 2 aromatic carbocycles. The summed E-state index contributed by atoms with van der Waals surface area (Å²) in [5.74, 6) is -2.21. The summed E-state index contributed by atoms with van der Waals surface area (Å²) in [7, 11) is 0. The Balaban J connectivity index is 0.00000507. The maximum atomic E-state index is 13.6. The number of aliphatic hydroxyl groups excluding tert-OH is 2. The average molecular weight is 534 g/mol. The smallest absolute Gasteiger partial charge is 0.550 e. The summed E-state index contributed by atoms with van der Waals surface area (Å²) in [6, 6.07) is 15.5. The first-order valence-corrected chi connectivity index (χ1v) is 12.4. The maximum Gasteiger partial charge on any atom is 1.00 e. The van der Waals surface area contributed by atoms with Gasteiger partial charge >= 0.3 is 29.6 Å². The van der Waals surface area contributed by atoms with E-state index in [0.29, 0.717) is 36.3 Å². The summed E-state index contributed by atoms with van der Waals surface area (Å²) in [6.07, 6.45) is -1.72. The van der Waals surface area contributed by atoms with E-state index < -0.39 is 30.4 Å². The normalized spacial score (nSPS) is 12.6. The number of nitrogens with one attached hydrogen (secondary N) is 1. The van der Waals surface area contributed by atoms with E-state index in [9.17, 15) is 29.3 Å². The number of hydrogen-bond acceptors (Lipinski definition) is 6. The van der Waals surface area contributed by atoms with E-state index in [1.807, 2.05) is 44.2 Å². The van der Waals surface area contributed by atoms with E-state index in [1.165, 1.54) is 12.1 Å². The van der Waals surface area contributed by atoms with Crippen molar-refractivity contribution >= 4 is 11.9 Å². The van der Waals surface area contributed by atoms with Gasteiger partial charge in [0.05, 0.1) is 17.9 Å². The van der Waals surface area contributed by atoms with Gasteiger partial charge < -0.3 is 25.4 Å². The molecule has 0 aliphatic carbocycles. The average Bonchev–Trinajstić information content (AvgIpc) is 3.23. The Morgan fingerprint density at radius 1 is 1.03 bits per heavy atom. The van der Waals surface area contributed by atoms with Crippen molar-refractivity contribution in [2.45, 2.75) is 64.1 Å². The van der Waals surface area contributed by atoms with Gasteiger partial charge in [0.2, 0.25) is 0 Å². The third-order valence-electron chi connectivity index (χ3n) is 6.09. The molecule has 0 spiro atoms. The molecule has 0 aliphatic heterocycles. The van der Waals surface area contributed by atoms with Crippen LogP contribution in [0.25, 0.3) is 5.69 Å². The molecule has 0 radical (unpaired) electrons. The Morgan fingerprint density at radius 3 is 2.29 bits per heavy atom. The topological polar surface area (TPSA) is 128 Å². The molecule has 1 amide bonds. The number of amides is 1. The van der Waals surface area contributed by atoms with Crippen molar-refractivity contribution in [3.05, 3.63) is 82.9 Å². The van der Waals surface area contributed by atoms with Gasteiger partial charge in [0.15, 0.2) is 5.69 Å². The van der Waals surface area contributed by atoms with Gasteiger partial charge in [0, 0.05) is 30.2 Å². The molecule has 0 bridgehead atoms. The van der Waals surface area contributed by atoms with Crippen LogP contribution in [0.15, 0.2) is 54.6 Å². The second kappa shape index (κ2) is 15.1. The van der Waals surface area contributed by atoms with Crippen molar-refractivity contribution in [1.29, 1.82) is 0 Å². The van der Waals surface area contributed by atoms with Crippen LogP contribution in [-0.2, 0) is 17.6 Å². The molecular weight excluding hydrogens is 500 g/mol. The van der Waals surface area contributed by atoms with Crippen molar-refractivity contribution in [3.63, 3.8) is 0 Å². The molecule has 38 heavy (non-hydrogen) atoms. The number of carboxylic acids is 1. The minimum absolute atomic E-state index is 0. The molecule has 10 heteroatoms. The minimum Gasteiger partial charge on any atom is -0.550 e. The van der Waals surface area contributed by atoms with Crippen LogP contribution in [-0.4, -0.2) is 50.6 Å². The summed E-state index contributed by atoms with van der Waals surface area (Å²) >= 11 is 0. The summed E-state index contributed by atoms with van der Waals surface area (Å²) in [4.78, 5) is 23.9. The zero-order chi connectivity index (χ0) is 26.9. The van der Waals surface area contributed by atoms with Gasteiger partial charge in [-0.2, -0.15) is 5.10 Å². The summed E-state index contributed by atoms with van der Waals surface area (Å²) in [5, 5.41) is 38.5. The van der Waals surface area contributed by atoms with Crippen LogP contribution in [0.2, 0.25) is 0 Å². The number of carbonyl (C=O) groups is 2. The van der Waals surface area contributed by atoms with E-state index in [-0.39, 0.29) is 59.9 Å². The molecule has 0 fully saturated rings. The van der Waals surface area contributed by atoms with Gasteiger partial charge in [0.1, 0.15) is 5.82 Å². The van der Waals surface area contributed by atoms with Crippen molar-refractivity contribution in [2.75, 3.05) is 6.54 Å². The van der Waals surface area contributed by atoms with E-state index >= 15 is 0 Å². The SMILES string of the molecule is CC(C)c1c(C(=O)NCCc2ccccc2)nn(-c2ccc(F)cc2)c1CC[C@@H](O)C[C@@H](O)CC(=O)[O-].[Na+]. The largest absolute Gasteiger partial charge is 1.00 e. The first-order chi connectivity index (χ1) is 17.7. The Labute approximate surface area is 244 Å². The van der Waals surface area contributed by atoms with Crippen molar-refractivity contribution < 1.29 is 58.9 Å². The molecule has 8 nitrogen and oxygen atoms in total.